The van der Waals surface area contributed by atoms with Crippen molar-refractivity contribution in [2.24, 2.45) is 0 Å². The lowest BCUT2D eigenvalue weighted by atomic mass is 9.79. The van der Waals surface area contributed by atoms with Crippen LogP contribution in [0.4, 0.5) is 0 Å². The molecule has 11 rings (SSSR count). The van der Waals surface area contributed by atoms with Gasteiger partial charge in [0.1, 0.15) is 22.7 Å². The van der Waals surface area contributed by atoms with E-state index < -0.39 is 0 Å². The average molecular weight is 926 g/mol. The van der Waals surface area contributed by atoms with Crippen molar-refractivity contribution in [1.29, 1.82) is 0 Å². The second-order valence-corrected chi connectivity index (χ2v) is 22.1. The summed E-state index contributed by atoms with van der Waals surface area (Å²) in [5, 5.41) is 14.7. The number of furan rings is 1. The van der Waals surface area contributed by atoms with E-state index in [1.54, 1.807) is 0 Å². The van der Waals surface area contributed by atoms with Gasteiger partial charge in [-0.25, -0.2) is 4.98 Å². The third-order valence-electron chi connectivity index (χ3n) is 14.0. The monoisotopic (exact) mass is 925 g/mol. The van der Waals surface area contributed by atoms with E-state index in [2.05, 4.69) is 231 Å². The summed E-state index contributed by atoms with van der Waals surface area (Å²) in [5.41, 5.74) is 18.0. The van der Waals surface area contributed by atoms with Crippen LogP contribution in [-0.4, -0.2) is 19.6 Å². The molecule has 0 aliphatic heterocycles. The van der Waals surface area contributed by atoms with Crippen molar-refractivity contribution < 1.29 is 9.52 Å². The number of hydrogen-bond donors (Lipinski definition) is 1. The largest absolute Gasteiger partial charge is 0.507 e. The van der Waals surface area contributed by atoms with Crippen LogP contribution < -0.4 is 0 Å². The first-order chi connectivity index (χ1) is 34.0. The summed E-state index contributed by atoms with van der Waals surface area (Å²) in [4.78, 5) is 10.8. The van der Waals surface area contributed by atoms with Crippen LogP contribution in [0.5, 0.6) is 5.75 Å². The highest BCUT2D eigenvalue weighted by Gasteiger charge is 2.30. The van der Waals surface area contributed by atoms with Gasteiger partial charge in [0.25, 0.3) is 0 Å². The average Bonchev–Trinajstić information content (AvgIpc) is 3.94. The molecule has 0 atom stereocenters. The number of para-hydroxylation sites is 2. The first-order valence-electron chi connectivity index (χ1n) is 24.7. The number of pyridine rings is 1. The maximum Gasteiger partial charge on any atom is 0.149 e. The Morgan fingerprint density at radius 3 is 1.77 bits per heavy atom. The quantitative estimate of drug-likeness (QED) is 0.173. The summed E-state index contributed by atoms with van der Waals surface area (Å²) in [6.45, 7) is 20.0. The highest BCUT2D eigenvalue weighted by Crippen LogP contribution is 2.47. The smallest absolute Gasteiger partial charge is 0.149 e. The van der Waals surface area contributed by atoms with Crippen LogP contribution in [0.3, 0.4) is 0 Å². The van der Waals surface area contributed by atoms with Crippen molar-refractivity contribution in [3.8, 4) is 78.6 Å². The molecule has 0 bridgehead atoms. The summed E-state index contributed by atoms with van der Waals surface area (Å²) in [7, 11) is 0. The highest BCUT2D eigenvalue weighted by atomic mass is 16.3. The fourth-order valence-corrected chi connectivity index (χ4v) is 10.0. The van der Waals surface area contributed by atoms with Crippen molar-refractivity contribution in [1.82, 2.24) is 14.5 Å². The normalized spacial score (nSPS) is 12.4. The lowest BCUT2D eigenvalue weighted by Gasteiger charge is -2.28. The molecule has 3 aromatic heterocycles. The molecule has 0 saturated heterocycles. The van der Waals surface area contributed by atoms with Crippen LogP contribution >= 0.6 is 0 Å². The molecule has 1 N–H and O–H groups in total. The van der Waals surface area contributed by atoms with E-state index in [-0.39, 0.29) is 22.0 Å². The fourth-order valence-electron chi connectivity index (χ4n) is 10.0. The van der Waals surface area contributed by atoms with Gasteiger partial charge in [-0.05, 0) is 115 Å². The van der Waals surface area contributed by atoms with E-state index in [1.807, 2.05) is 24.4 Å². The lowest BCUT2D eigenvalue weighted by Crippen LogP contribution is -2.17. The molecule has 350 valence electrons. The van der Waals surface area contributed by atoms with Gasteiger partial charge in [-0.2, -0.15) is 0 Å². The van der Waals surface area contributed by atoms with Gasteiger partial charge in [0.2, 0.25) is 0 Å². The number of phenols is 1. The topological polar surface area (TPSA) is 64.1 Å². The number of imidazole rings is 1. The van der Waals surface area contributed by atoms with Crippen molar-refractivity contribution in [2.45, 2.75) is 78.6 Å². The third kappa shape index (κ3) is 8.29. The first-order valence-corrected chi connectivity index (χ1v) is 24.7. The molecule has 0 unspecified atom stereocenters. The number of fused-ring (bicyclic) bond motifs is 4. The summed E-state index contributed by atoms with van der Waals surface area (Å²) >= 11 is 0. The van der Waals surface area contributed by atoms with Gasteiger partial charge in [0.05, 0.1) is 28.0 Å². The molecular weight excluding hydrogens is 867 g/mol. The van der Waals surface area contributed by atoms with E-state index in [9.17, 15) is 5.11 Å². The molecule has 0 spiro atoms. The maximum absolute atomic E-state index is 12.6. The summed E-state index contributed by atoms with van der Waals surface area (Å²) in [5.74, 6) is 0.912. The van der Waals surface area contributed by atoms with Gasteiger partial charge in [0.15, 0.2) is 0 Å². The van der Waals surface area contributed by atoms with Gasteiger partial charge in [-0.3, -0.25) is 9.55 Å². The summed E-state index contributed by atoms with van der Waals surface area (Å²) in [6.07, 6.45) is 1.89. The van der Waals surface area contributed by atoms with Crippen LogP contribution in [0.15, 0.2) is 193 Å². The highest BCUT2D eigenvalue weighted by molar-refractivity contribution is 6.12. The van der Waals surface area contributed by atoms with E-state index in [0.717, 1.165) is 94.4 Å². The Bertz CT molecular complexity index is 3800. The number of benzene rings is 8. The minimum absolute atomic E-state index is 0.0923. The van der Waals surface area contributed by atoms with E-state index >= 15 is 0 Å². The molecule has 5 nitrogen and oxygen atoms in total. The molecule has 0 saturated carbocycles. The van der Waals surface area contributed by atoms with Crippen molar-refractivity contribution >= 4 is 33.0 Å². The SMILES string of the molecule is CC(C)(C)c1ccc(-n2c(-c3cc(C(C)(C)C)cc(C(C)(C)C)c3O)nc3c(-c4cc(-c5cc(-c6ccc(-c7ccccc7)cc6)ccn5)c5oc6ccccc6c5c4)cccc32)c(-c2ccccc2)c1. The van der Waals surface area contributed by atoms with Crippen LogP contribution in [0.2, 0.25) is 0 Å². The Morgan fingerprint density at radius 1 is 0.451 bits per heavy atom. The number of aromatic hydroxyl groups is 1. The van der Waals surface area contributed by atoms with Gasteiger partial charge in [-0.1, -0.05) is 190 Å². The van der Waals surface area contributed by atoms with Crippen LogP contribution in [0.1, 0.15) is 79.0 Å². The number of rotatable bonds is 7. The van der Waals surface area contributed by atoms with Crippen molar-refractivity contribution in [3.05, 3.63) is 205 Å². The van der Waals surface area contributed by atoms with E-state index in [1.165, 1.54) is 16.7 Å². The van der Waals surface area contributed by atoms with Crippen LogP contribution in [0, 0.1) is 0 Å². The van der Waals surface area contributed by atoms with Crippen LogP contribution in [0.25, 0.3) is 106 Å². The molecule has 0 aliphatic carbocycles. The second kappa shape index (κ2) is 17.1. The number of phenolic OH excluding ortho intramolecular Hbond substituents is 1. The summed E-state index contributed by atoms with van der Waals surface area (Å²) in [6, 6.07) is 64.4. The van der Waals surface area contributed by atoms with Gasteiger partial charge in [0, 0.05) is 39.2 Å². The van der Waals surface area contributed by atoms with Gasteiger partial charge >= 0.3 is 0 Å². The summed E-state index contributed by atoms with van der Waals surface area (Å²) < 4.78 is 9.04. The molecule has 8 aromatic carbocycles. The number of nitrogens with zero attached hydrogens (tertiary/aromatic N) is 3. The minimum atomic E-state index is -0.345. The Balaban J connectivity index is 1.18. The fraction of sp³-hybridized carbons (Fsp3) is 0.182. The molecular formula is C66H59N3O2. The molecule has 11 aromatic rings. The molecule has 3 heterocycles. The number of hydrogen-bond acceptors (Lipinski definition) is 4. The molecule has 0 radical (unpaired) electrons. The maximum atomic E-state index is 12.6. The first kappa shape index (κ1) is 45.4. The standard InChI is InChI=1S/C66H59N3O2/c1-64(2,3)47-31-32-57(51(38-47)44-21-14-11-15-22-44)69-58-25-18-24-49(60(58)68-63(69)54-39-48(65(4,5)6)40-55(61(54)70)66(7,8)9)46-35-52-50-23-16-17-26-59(50)71-62(52)53(36-46)56-37-45(33-34-67-56)43-29-27-42(28-30-43)41-19-12-10-13-20-41/h10-40,70H,1-9H3. The molecule has 71 heavy (non-hydrogen) atoms. The predicted molar refractivity (Wildman–Crippen MR) is 297 cm³/mol. The predicted octanol–water partition coefficient (Wildman–Crippen LogP) is 17.9. The van der Waals surface area contributed by atoms with Gasteiger partial charge < -0.3 is 9.52 Å². The van der Waals surface area contributed by atoms with Crippen molar-refractivity contribution in [2.75, 3.05) is 0 Å². The van der Waals surface area contributed by atoms with Crippen LogP contribution in [-0.2, 0) is 16.2 Å². The van der Waals surface area contributed by atoms with Crippen molar-refractivity contribution in [3.63, 3.8) is 0 Å². The Morgan fingerprint density at radius 2 is 1.08 bits per heavy atom. The Hall–Kier alpha value is -8.02. The molecule has 0 aliphatic rings. The second-order valence-electron chi connectivity index (χ2n) is 22.1. The number of aromatic nitrogens is 3. The Kier molecular flexibility index (Phi) is 11.0. The van der Waals surface area contributed by atoms with E-state index in [4.69, 9.17) is 14.4 Å². The molecule has 5 heteroatoms. The molecule has 0 amide bonds. The van der Waals surface area contributed by atoms with Gasteiger partial charge in [-0.15, -0.1) is 0 Å². The van der Waals surface area contributed by atoms with E-state index in [0.29, 0.717) is 11.4 Å². The zero-order chi connectivity index (χ0) is 49.4. The molecule has 0 fully saturated rings. The lowest BCUT2D eigenvalue weighted by molar-refractivity contribution is 0.446. The third-order valence-corrected chi connectivity index (χ3v) is 14.0. The zero-order valence-corrected chi connectivity index (χ0v) is 42.1. The minimum Gasteiger partial charge on any atom is -0.507 e. The zero-order valence-electron chi connectivity index (χ0n) is 42.1. The Labute approximate surface area is 417 Å².